The predicted octanol–water partition coefficient (Wildman–Crippen LogP) is 2.90. The summed E-state index contributed by atoms with van der Waals surface area (Å²) in [4.78, 5) is 26.8. The van der Waals surface area contributed by atoms with Crippen LogP contribution in [0.25, 0.3) is 0 Å². The van der Waals surface area contributed by atoms with Gasteiger partial charge < -0.3 is 20.4 Å². The summed E-state index contributed by atoms with van der Waals surface area (Å²) in [5.74, 6) is -0.995. The molecule has 1 aliphatic heterocycles. The minimum Gasteiger partial charge on any atom is -0.472 e. The first-order valence-electron chi connectivity index (χ1n) is 8.13. The molecule has 3 N–H and O–H groups in total. The molecule has 0 saturated carbocycles. The van der Waals surface area contributed by atoms with Crippen LogP contribution in [0.2, 0.25) is 0 Å². The molecule has 1 aromatic heterocycles. The molecular formula is C18H21ClFN3O3. The highest BCUT2D eigenvalue weighted by Crippen LogP contribution is 2.27. The van der Waals surface area contributed by atoms with Crippen LogP contribution in [0.4, 0.5) is 10.1 Å². The van der Waals surface area contributed by atoms with Gasteiger partial charge in [0.05, 0.1) is 23.1 Å². The topological polar surface area (TPSA) is 88.6 Å². The lowest BCUT2D eigenvalue weighted by Crippen LogP contribution is -2.35. The number of nitrogens with one attached hydrogen (secondary N) is 1. The summed E-state index contributed by atoms with van der Waals surface area (Å²) in [6, 6.07) is 5.28. The van der Waals surface area contributed by atoms with Gasteiger partial charge in [0.15, 0.2) is 0 Å². The lowest BCUT2D eigenvalue weighted by molar-refractivity contribution is 0.0744. The highest BCUT2D eigenvalue weighted by atomic mass is 35.5. The number of carbonyl (C=O) groups is 2. The summed E-state index contributed by atoms with van der Waals surface area (Å²) in [6.45, 7) is 3.03. The summed E-state index contributed by atoms with van der Waals surface area (Å²) >= 11 is 0. The summed E-state index contributed by atoms with van der Waals surface area (Å²) in [6.07, 6.45) is 3.48. The van der Waals surface area contributed by atoms with Crippen LogP contribution in [0.5, 0.6) is 0 Å². The number of amides is 2. The van der Waals surface area contributed by atoms with Gasteiger partial charge in [0, 0.05) is 12.6 Å². The summed E-state index contributed by atoms with van der Waals surface area (Å²) < 4.78 is 18.5. The van der Waals surface area contributed by atoms with Gasteiger partial charge in [-0.3, -0.25) is 9.59 Å². The number of carbonyl (C=O) groups excluding carboxylic acids is 2. The van der Waals surface area contributed by atoms with Crippen molar-refractivity contribution in [2.45, 2.75) is 19.4 Å². The SMILES string of the molecule is CC1CC(CN)CN1C(=O)c1ccc(F)cc1NC(=O)c1ccoc1.Cl. The normalized spacial score (nSPS) is 19.1. The average Bonchev–Trinajstić information content (AvgIpc) is 3.24. The van der Waals surface area contributed by atoms with E-state index in [1.54, 1.807) is 4.90 Å². The van der Waals surface area contributed by atoms with Crippen molar-refractivity contribution in [2.24, 2.45) is 11.7 Å². The van der Waals surface area contributed by atoms with E-state index in [1.807, 2.05) is 6.92 Å². The van der Waals surface area contributed by atoms with Crippen molar-refractivity contribution in [1.29, 1.82) is 0 Å². The van der Waals surface area contributed by atoms with Crippen molar-refractivity contribution in [1.82, 2.24) is 4.90 Å². The second-order valence-corrected chi connectivity index (χ2v) is 6.30. The first-order chi connectivity index (χ1) is 12.0. The highest BCUT2D eigenvalue weighted by Gasteiger charge is 2.33. The van der Waals surface area contributed by atoms with Gasteiger partial charge in [0.25, 0.3) is 11.8 Å². The number of nitrogens with zero attached hydrogens (tertiary/aromatic N) is 1. The minimum absolute atomic E-state index is 0. The summed E-state index contributed by atoms with van der Waals surface area (Å²) in [5.41, 5.74) is 6.40. The Balaban J connectivity index is 0.00000243. The summed E-state index contributed by atoms with van der Waals surface area (Å²) in [5, 5.41) is 2.59. The standard InChI is InChI=1S/C18H20FN3O3.ClH/c1-11-6-12(8-20)9-22(11)18(24)15-3-2-14(19)7-16(15)21-17(23)13-4-5-25-10-13;/h2-5,7,10-12H,6,8-9,20H2,1H3,(H,21,23);1H. The Morgan fingerprint density at radius 3 is 2.77 bits per heavy atom. The van der Waals surface area contributed by atoms with Crippen molar-refractivity contribution in [3.63, 3.8) is 0 Å². The van der Waals surface area contributed by atoms with Crippen LogP contribution in [-0.2, 0) is 0 Å². The first-order valence-corrected chi connectivity index (χ1v) is 8.13. The molecule has 3 rings (SSSR count). The Morgan fingerprint density at radius 2 is 2.15 bits per heavy atom. The lowest BCUT2D eigenvalue weighted by Gasteiger charge is -2.23. The van der Waals surface area contributed by atoms with E-state index in [9.17, 15) is 14.0 Å². The molecule has 2 unspecified atom stereocenters. The van der Waals surface area contributed by atoms with Gasteiger partial charge in [-0.25, -0.2) is 4.39 Å². The number of hydrogen-bond donors (Lipinski definition) is 2. The molecule has 1 aromatic carbocycles. The van der Waals surface area contributed by atoms with Crippen LogP contribution in [-0.4, -0.2) is 35.8 Å². The van der Waals surface area contributed by atoms with Gasteiger partial charge in [-0.15, -0.1) is 12.4 Å². The number of benzene rings is 1. The van der Waals surface area contributed by atoms with E-state index < -0.39 is 11.7 Å². The van der Waals surface area contributed by atoms with Gasteiger partial charge in [-0.05, 0) is 50.1 Å². The van der Waals surface area contributed by atoms with Crippen molar-refractivity contribution in [3.05, 3.63) is 53.7 Å². The molecule has 0 aliphatic carbocycles. The molecule has 0 radical (unpaired) electrons. The zero-order valence-electron chi connectivity index (χ0n) is 14.3. The Kier molecular flexibility index (Phi) is 6.39. The molecule has 26 heavy (non-hydrogen) atoms. The number of rotatable bonds is 4. The van der Waals surface area contributed by atoms with Gasteiger partial charge in [-0.1, -0.05) is 0 Å². The number of nitrogens with two attached hydrogens (primary N) is 1. The maximum Gasteiger partial charge on any atom is 0.258 e. The number of anilines is 1. The fraction of sp³-hybridized carbons (Fsp3) is 0.333. The molecule has 1 fully saturated rings. The monoisotopic (exact) mass is 381 g/mol. The zero-order valence-corrected chi connectivity index (χ0v) is 15.1. The fourth-order valence-corrected chi connectivity index (χ4v) is 3.15. The van der Waals surface area contributed by atoms with Gasteiger partial charge in [0.2, 0.25) is 0 Å². The third-order valence-electron chi connectivity index (χ3n) is 4.50. The second-order valence-electron chi connectivity index (χ2n) is 6.30. The number of likely N-dealkylation sites (tertiary alicyclic amines) is 1. The average molecular weight is 382 g/mol. The van der Waals surface area contributed by atoms with E-state index in [4.69, 9.17) is 10.2 Å². The quantitative estimate of drug-likeness (QED) is 0.852. The minimum atomic E-state index is -0.534. The number of hydrogen-bond acceptors (Lipinski definition) is 4. The van der Waals surface area contributed by atoms with E-state index >= 15 is 0 Å². The zero-order chi connectivity index (χ0) is 18.0. The molecule has 8 heteroatoms. The van der Waals surface area contributed by atoms with Crippen molar-refractivity contribution in [2.75, 3.05) is 18.4 Å². The molecule has 2 amide bonds. The Hall–Kier alpha value is -2.38. The van der Waals surface area contributed by atoms with E-state index in [0.717, 1.165) is 12.5 Å². The van der Waals surface area contributed by atoms with Crippen LogP contribution in [0.15, 0.2) is 41.2 Å². The Labute approximate surface area is 156 Å². The molecule has 2 atom stereocenters. The number of furan rings is 1. The fourth-order valence-electron chi connectivity index (χ4n) is 3.15. The Morgan fingerprint density at radius 1 is 1.38 bits per heavy atom. The molecule has 1 aliphatic rings. The lowest BCUT2D eigenvalue weighted by atomic mass is 10.1. The molecule has 0 bridgehead atoms. The summed E-state index contributed by atoms with van der Waals surface area (Å²) in [7, 11) is 0. The van der Waals surface area contributed by atoms with E-state index in [2.05, 4.69) is 5.32 Å². The van der Waals surface area contributed by atoms with Gasteiger partial charge in [-0.2, -0.15) is 0 Å². The second kappa shape index (κ2) is 8.33. The van der Waals surface area contributed by atoms with Crippen molar-refractivity contribution >= 4 is 29.9 Å². The highest BCUT2D eigenvalue weighted by molar-refractivity contribution is 6.08. The van der Waals surface area contributed by atoms with E-state index in [-0.39, 0.29) is 41.5 Å². The van der Waals surface area contributed by atoms with Crippen LogP contribution >= 0.6 is 12.4 Å². The predicted molar refractivity (Wildman–Crippen MR) is 98.0 cm³/mol. The maximum absolute atomic E-state index is 13.7. The molecule has 2 aromatic rings. The van der Waals surface area contributed by atoms with Crippen LogP contribution in [0.3, 0.4) is 0 Å². The smallest absolute Gasteiger partial charge is 0.258 e. The van der Waals surface area contributed by atoms with E-state index in [1.165, 1.54) is 30.7 Å². The molecule has 0 spiro atoms. The third kappa shape index (κ3) is 4.05. The van der Waals surface area contributed by atoms with Gasteiger partial charge in [0.1, 0.15) is 12.1 Å². The number of halogens is 2. The molecule has 1 saturated heterocycles. The maximum atomic E-state index is 13.7. The largest absolute Gasteiger partial charge is 0.472 e. The van der Waals surface area contributed by atoms with Crippen LogP contribution in [0.1, 0.15) is 34.1 Å². The first kappa shape index (κ1) is 19.9. The van der Waals surface area contributed by atoms with Crippen molar-refractivity contribution in [3.8, 4) is 0 Å². The Bertz CT molecular complexity index is 782. The third-order valence-corrected chi connectivity index (χ3v) is 4.50. The van der Waals surface area contributed by atoms with Gasteiger partial charge >= 0.3 is 0 Å². The molecule has 6 nitrogen and oxygen atoms in total. The van der Waals surface area contributed by atoms with Crippen LogP contribution < -0.4 is 11.1 Å². The molecule has 2 heterocycles. The molecular weight excluding hydrogens is 361 g/mol. The van der Waals surface area contributed by atoms with Crippen LogP contribution in [0, 0.1) is 11.7 Å². The van der Waals surface area contributed by atoms with E-state index in [0.29, 0.717) is 18.7 Å². The van der Waals surface area contributed by atoms with Crippen molar-refractivity contribution < 1.29 is 18.4 Å². The molecule has 140 valence electrons.